The van der Waals surface area contributed by atoms with E-state index in [0.717, 1.165) is 25.7 Å². The second kappa shape index (κ2) is 26.5. The SMILES string of the molecule is CCCCCCCCCCCCCC/C=C/CCCCC[N+](C(CCC)C(=O)O)(C(CCC)C(=O)O)C(CCC)C(=O)O. The molecule has 3 unspecified atom stereocenters. The third-order valence-corrected chi connectivity index (χ3v) is 9.09. The first kappa shape index (κ1) is 41.1. The standard InChI is InChI=1S/C36H67NO6/c1-5-9-10-11-12-13-14-15-16-17-18-19-20-21-22-23-24-25-26-30-37(31(27-6-2)34(38)39,32(28-7-3)35(40)41)33(29-8-4)36(42)43/h21-22,31-33H,5-20,23-30H2,1-4H3,(H2-,38,39,40,41,42,43)/p+1/b22-21+. The van der Waals surface area contributed by atoms with Crippen LogP contribution in [0.4, 0.5) is 0 Å². The van der Waals surface area contributed by atoms with E-state index >= 15 is 0 Å². The first-order valence-electron chi connectivity index (χ1n) is 17.9. The summed E-state index contributed by atoms with van der Waals surface area (Å²) in [5.74, 6) is -3.27. The Morgan fingerprint density at radius 1 is 0.465 bits per heavy atom. The number of nitrogens with zero attached hydrogens (tertiary/aromatic N) is 1. The smallest absolute Gasteiger partial charge is 0.362 e. The lowest BCUT2D eigenvalue weighted by Crippen LogP contribution is -2.72. The van der Waals surface area contributed by atoms with Crippen LogP contribution in [0.25, 0.3) is 0 Å². The predicted molar refractivity (Wildman–Crippen MR) is 177 cm³/mol. The van der Waals surface area contributed by atoms with E-state index in [1.54, 1.807) is 0 Å². The number of carboxylic acids is 3. The summed E-state index contributed by atoms with van der Waals surface area (Å²) in [7, 11) is 0. The maximum Gasteiger partial charge on any atom is 0.362 e. The van der Waals surface area contributed by atoms with Gasteiger partial charge in [0.2, 0.25) is 0 Å². The van der Waals surface area contributed by atoms with Crippen LogP contribution in [0, 0.1) is 0 Å². The van der Waals surface area contributed by atoms with Gasteiger partial charge in [0.15, 0.2) is 18.1 Å². The van der Waals surface area contributed by atoms with Gasteiger partial charge in [0.25, 0.3) is 0 Å². The van der Waals surface area contributed by atoms with Crippen molar-refractivity contribution in [2.45, 2.75) is 193 Å². The Balaban J connectivity index is 4.88. The van der Waals surface area contributed by atoms with E-state index in [9.17, 15) is 29.7 Å². The number of carbonyl (C=O) groups is 3. The summed E-state index contributed by atoms with van der Waals surface area (Å²) in [5.41, 5.74) is 0. The van der Waals surface area contributed by atoms with E-state index in [2.05, 4.69) is 19.1 Å². The molecule has 43 heavy (non-hydrogen) atoms. The molecule has 7 heteroatoms. The molecule has 0 aliphatic rings. The van der Waals surface area contributed by atoms with Gasteiger partial charge >= 0.3 is 17.9 Å². The zero-order valence-corrected chi connectivity index (χ0v) is 28.4. The molecule has 0 bridgehead atoms. The molecule has 0 aliphatic heterocycles. The summed E-state index contributed by atoms with van der Waals surface area (Å²) in [5, 5.41) is 30.9. The van der Waals surface area contributed by atoms with Crippen LogP contribution in [0.3, 0.4) is 0 Å². The van der Waals surface area contributed by atoms with E-state index in [4.69, 9.17) is 0 Å². The predicted octanol–water partition coefficient (Wildman–Crippen LogP) is 9.77. The zero-order chi connectivity index (χ0) is 32.3. The van der Waals surface area contributed by atoms with Crippen LogP contribution in [0.2, 0.25) is 0 Å². The highest BCUT2D eigenvalue weighted by Crippen LogP contribution is 2.34. The Morgan fingerprint density at radius 2 is 0.767 bits per heavy atom. The molecule has 0 aromatic carbocycles. The van der Waals surface area contributed by atoms with Gasteiger partial charge in [-0.3, -0.25) is 4.48 Å². The Hall–Kier alpha value is -1.89. The maximum atomic E-state index is 12.6. The first-order chi connectivity index (χ1) is 20.7. The number of unbranched alkanes of at least 4 members (excludes halogenated alkanes) is 15. The molecule has 3 atom stereocenters. The zero-order valence-electron chi connectivity index (χ0n) is 28.4. The molecule has 0 rings (SSSR count). The van der Waals surface area contributed by atoms with Crippen LogP contribution in [0.5, 0.6) is 0 Å². The first-order valence-corrected chi connectivity index (χ1v) is 17.9. The lowest BCUT2D eigenvalue weighted by atomic mass is 9.91. The van der Waals surface area contributed by atoms with Crippen molar-refractivity contribution in [2.24, 2.45) is 0 Å². The minimum absolute atomic E-state index is 0.257. The second-order valence-electron chi connectivity index (χ2n) is 12.6. The summed E-state index contributed by atoms with van der Waals surface area (Å²) >= 11 is 0. The number of aliphatic carboxylic acids is 3. The average Bonchev–Trinajstić information content (AvgIpc) is 2.97. The molecule has 0 aromatic heterocycles. The third-order valence-electron chi connectivity index (χ3n) is 9.09. The summed E-state index contributed by atoms with van der Waals surface area (Å²) in [6.45, 7) is 8.14. The van der Waals surface area contributed by atoms with Gasteiger partial charge < -0.3 is 15.3 Å². The highest BCUT2D eigenvalue weighted by Gasteiger charge is 2.56. The summed E-state index contributed by atoms with van der Waals surface area (Å²) in [4.78, 5) is 37.8. The number of allylic oxidation sites excluding steroid dienone is 2. The van der Waals surface area contributed by atoms with Gasteiger partial charge in [-0.1, -0.05) is 110 Å². The minimum Gasteiger partial charge on any atom is -0.477 e. The highest BCUT2D eigenvalue weighted by atomic mass is 16.4. The largest absolute Gasteiger partial charge is 0.477 e. The Bertz CT molecular complexity index is 692. The van der Waals surface area contributed by atoms with Gasteiger partial charge in [0.05, 0.1) is 6.54 Å². The van der Waals surface area contributed by atoms with Gasteiger partial charge in [-0.05, 0) is 57.8 Å². The molecule has 0 fully saturated rings. The van der Waals surface area contributed by atoms with E-state index in [0.29, 0.717) is 25.7 Å². The summed E-state index contributed by atoms with van der Waals surface area (Å²) < 4.78 is -0.385. The number of rotatable bonds is 31. The van der Waals surface area contributed by atoms with Gasteiger partial charge in [-0.2, -0.15) is 0 Å². The molecular formula is C36H68NO6+. The number of carboxylic acid groups (broad SMARTS) is 3. The van der Waals surface area contributed by atoms with Crippen molar-refractivity contribution < 1.29 is 34.2 Å². The van der Waals surface area contributed by atoms with E-state index in [1.807, 2.05) is 20.8 Å². The minimum atomic E-state index is -1.09. The molecular weight excluding hydrogens is 542 g/mol. The highest BCUT2D eigenvalue weighted by molar-refractivity contribution is 5.78. The van der Waals surface area contributed by atoms with Gasteiger partial charge in [-0.25, -0.2) is 14.4 Å². The van der Waals surface area contributed by atoms with Crippen molar-refractivity contribution in [1.82, 2.24) is 0 Å². The Kier molecular flexibility index (Phi) is 25.3. The molecule has 0 saturated heterocycles. The number of hydrogen-bond donors (Lipinski definition) is 3. The average molecular weight is 611 g/mol. The van der Waals surface area contributed by atoms with Gasteiger partial charge in [0, 0.05) is 19.3 Å². The molecule has 0 saturated carbocycles. The van der Waals surface area contributed by atoms with Crippen molar-refractivity contribution in [1.29, 1.82) is 0 Å². The molecule has 0 radical (unpaired) electrons. The fourth-order valence-electron chi connectivity index (χ4n) is 6.81. The van der Waals surface area contributed by atoms with E-state index in [-0.39, 0.29) is 30.3 Å². The fourth-order valence-corrected chi connectivity index (χ4v) is 6.81. The van der Waals surface area contributed by atoms with Gasteiger partial charge in [-0.15, -0.1) is 0 Å². The molecule has 0 aromatic rings. The van der Waals surface area contributed by atoms with Crippen molar-refractivity contribution in [3.8, 4) is 0 Å². The van der Waals surface area contributed by atoms with Crippen molar-refractivity contribution in [3.63, 3.8) is 0 Å². The number of quaternary nitrogens is 1. The van der Waals surface area contributed by atoms with Crippen molar-refractivity contribution in [3.05, 3.63) is 12.2 Å². The number of hydrogen-bond acceptors (Lipinski definition) is 3. The van der Waals surface area contributed by atoms with Crippen molar-refractivity contribution >= 4 is 17.9 Å². The van der Waals surface area contributed by atoms with Crippen LogP contribution >= 0.6 is 0 Å². The molecule has 3 N–H and O–H groups in total. The van der Waals surface area contributed by atoms with Gasteiger partial charge in [0.1, 0.15) is 0 Å². The van der Waals surface area contributed by atoms with Crippen LogP contribution in [0.1, 0.15) is 175 Å². The Morgan fingerprint density at radius 3 is 1.07 bits per heavy atom. The van der Waals surface area contributed by atoms with E-state index < -0.39 is 36.0 Å². The maximum absolute atomic E-state index is 12.6. The van der Waals surface area contributed by atoms with Crippen LogP contribution in [-0.4, -0.2) is 62.4 Å². The van der Waals surface area contributed by atoms with Crippen molar-refractivity contribution in [2.75, 3.05) is 6.54 Å². The quantitative estimate of drug-likeness (QED) is 0.0409. The Labute approximate surface area is 264 Å². The summed E-state index contributed by atoms with van der Waals surface area (Å²) in [6, 6.07) is -3.16. The van der Waals surface area contributed by atoms with E-state index in [1.165, 1.54) is 77.0 Å². The molecule has 0 amide bonds. The monoisotopic (exact) mass is 611 g/mol. The molecule has 7 nitrogen and oxygen atoms in total. The second-order valence-corrected chi connectivity index (χ2v) is 12.6. The fraction of sp³-hybridized carbons (Fsp3) is 0.861. The third kappa shape index (κ3) is 16.7. The molecule has 0 spiro atoms. The van der Waals surface area contributed by atoms with Crippen LogP contribution in [0.15, 0.2) is 12.2 Å². The molecule has 0 aliphatic carbocycles. The lowest BCUT2D eigenvalue weighted by Gasteiger charge is -2.50. The molecule has 252 valence electrons. The summed E-state index contributed by atoms with van der Waals surface area (Å²) in [6.07, 6.45) is 27.6. The lowest BCUT2D eigenvalue weighted by molar-refractivity contribution is -0.973. The molecule has 0 heterocycles. The van der Waals surface area contributed by atoms with Crippen LogP contribution < -0.4 is 0 Å². The topological polar surface area (TPSA) is 112 Å². The van der Waals surface area contributed by atoms with Crippen LogP contribution in [-0.2, 0) is 14.4 Å². The normalized spacial score (nSPS) is 15.3.